The quantitative estimate of drug-likeness (QED) is 0.338. The Morgan fingerprint density at radius 2 is 1.88 bits per heavy atom. The van der Waals surface area contributed by atoms with Gasteiger partial charge in [-0.25, -0.2) is 0 Å². The van der Waals surface area contributed by atoms with Crippen molar-refractivity contribution < 1.29 is 14.1 Å². The van der Waals surface area contributed by atoms with Crippen molar-refractivity contribution in [3.8, 4) is 0 Å². The molecule has 2 aromatic rings. The average Bonchev–Trinajstić information content (AvgIpc) is 2.61. The molecule has 3 nitrogen and oxygen atoms in total. The maximum Gasteiger partial charge on any atom is 0.309 e. The molecule has 0 fully saturated rings. The molecule has 0 spiro atoms. The molecule has 0 saturated heterocycles. The number of thioether (sulfide) groups is 1. The zero-order chi connectivity index (χ0) is 18.2. The molecule has 0 N–H and O–H groups in total. The van der Waals surface area contributed by atoms with Gasteiger partial charge in [0.15, 0.2) is 0 Å². The number of ether oxygens (including phenoxy) is 1. The van der Waals surface area contributed by atoms with E-state index in [4.69, 9.17) is 4.74 Å². The fourth-order valence-corrected chi connectivity index (χ4v) is 5.19. The smallest absolute Gasteiger partial charge is 0.309 e. The zero-order valence-corrected chi connectivity index (χ0v) is 17.1. The van der Waals surface area contributed by atoms with Gasteiger partial charge in [-0.05, 0) is 36.1 Å². The van der Waals surface area contributed by atoms with Gasteiger partial charge in [-0.2, -0.15) is 0 Å². The van der Waals surface area contributed by atoms with Gasteiger partial charge in [0.2, 0.25) is 0 Å². The van der Waals surface area contributed by atoms with E-state index >= 15 is 0 Å². The molecule has 0 aliphatic carbocycles. The van der Waals surface area contributed by atoms with Crippen molar-refractivity contribution >= 4 is 37.0 Å². The van der Waals surface area contributed by atoms with Gasteiger partial charge in [0.25, 0.3) is 0 Å². The first kappa shape index (κ1) is 20.1. The first-order valence-corrected chi connectivity index (χ1v) is 10.9. The van der Waals surface area contributed by atoms with Crippen molar-refractivity contribution in [3.63, 3.8) is 0 Å². The fourth-order valence-electron chi connectivity index (χ4n) is 2.96. The van der Waals surface area contributed by atoms with E-state index in [1.807, 2.05) is 25.1 Å². The Kier molecular flexibility index (Phi) is 8.05. The van der Waals surface area contributed by atoms with Gasteiger partial charge < -0.3 is 9.30 Å². The van der Waals surface area contributed by atoms with Gasteiger partial charge in [-0.3, -0.25) is 4.79 Å². The minimum absolute atomic E-state index is 0.134. The lowest BCUT2D eigenvalue weighted by Gasteiger charge is -2.23. The summed E-state index contributed by atoms with van der Waals surface area (Å²) in [6.45, 7) is 6.35. The van der Waals surface area contributed by atoms with E-state index in [1.54, 1.807) is 11.8 Å². The van der Waals surface area contributed by atoms with Crippen LogP contribution in [0.4, 0.5) is 0 Å². The normalized spacial score (nSPS) is 14.2. The molecule has 0 bridgehead atoms. The Labute approximate surface area is 155 Å². The molecule has 5 heteroatoms. The van der Waals surface area contributed by atoms with Crippen LogP contribution in [0.15, 0.2) is 47.4 Å². The molecule has 2 aromatic carbocycles. The van der Waals surface area contributed by atoms with Crippen molar-refractivity contribution in [1.29, 1.82) is 0 Å². The van der Waals surface area contributed by atoms with Gasteiger partial charge in [0.1, 0.15) is 0 Å². The molecular formula is C20H27O3PS. The van der Waals surface area contributed by atoms with Crippen LogP contribution in [0.2, 0.25) is 0 Å². The Balaban J connectivity index is 2.16. The third-order valence-corrected chi connectivity index (χ3v) is 6.80. The average molecular weight is 378 g/mol. The van der Waals surface area contributed by atoms with Crippen LogP contribution >= 0.6 is 20.2 Å². The summed E-state index contributed by atoms with van der Waals surface area (Å²) in [5, 5.41) is 2.40. The number of fused-ring (bicyclic) bond motifs is 1. The SMILES string of the molecule is CCOC(=O)C(CC(C)C)C(CSc1cccc2ccccc12)[PH2]=O. The van der Waals surface area contributed by atoms with Crippen LogP contribution in [-0.4, -0.2) is 24.0 Å². The molecule has 2 rings (SSSR count). The van der Waals surface area contributed by atoms with Crippen molar-refractivity contribution in [2.45, 2.75) is 37.7 Å². The van der Waals surface area contributed by atoms with Gasteiger partial charge in [-0.1, -0.05) is 50.2 Å². The highest BCUT2D eigenvalue weighted by Crippen LogP contribution is 2.34. The summed E-state index contributed by atoms with van der Waals surface area (Å²) < 4.78 is 17.1. The molecule has 136 valence electrons. The second-order valence-corrected chi connectivity index (χ2v) is 8.77. The molecule has 3 atom stereocenters. The van der Waals surface area contributed by atoms with E-state index in [0.29, 0.717) is 18.3 Å². The molecule has 25 heavy (non-hydrogen) atoms. The van der Waals surface area contributed by atoms with Crippen LogP contribution in [0, 0.1) is 11.8 Å². The Hall–Kier alpha value is -1.25. The minimum Gasteiger partial charge on any atom is -0.466 e. The van der Waals surface area contributed by atoms with Crippen LogP contribution < -0.4 is 0 Å². The Morgan fingerprint density at radius 1 is 1.16 bits per heavy atom. The standard InChI is InChI=1S/C20H27O3PS/c1-4-23-20(21)17(12-14(2)3)18(24-22)13-25-19-11-7-9-15-8-5-6-10-16(15)19/h5-11,14,17-18H,4,12-13,24H2,1-3H3. The van der Waals surface area contributed by atoms with E-state index in [-0.39, 0.29) is 17.5 Å². The highest BCUT2D eigenvalue weighted by Gasteiger charge is 2.29. The molecular weight excluding hydrogens is 351 g/mol. The topological polar surface area (TPSA) is 43.4 Å². The molecule has 0 radical (unpaired) electrons. The van der Waals surface area contributed by atoms with Crippen LogP contribution in [0.5, 0.6) is 0 Å². The van der Waals surface area contributed by atoms with Gasteiger partial charge in [-0.15, -0.1) is 11.8 Å². The number of esters is 1. The summed E-state index contributed by atoms with van der Waals surface area (Å²) in [4.78, 5) is 13.5. The minimum atomic E-state index is -1.04. The van der Waals surface area contributed by atoms with Crippen LogP contribution in [0.1, 0.15) is 27.2 Å². The first-order chi connectivity index (χ1) is 12.1. The van der Waals surface area contributed by atoms with Crippen molar-refractivity contribution in [1.82, 2.24) is 0 Å². The molecule has 0 aliphatic heterocycles. The number of rotatable bonds is 9. The molecule has 0 heterocycles. The largest absolute Gasteiger partial charge is 0.466 e. The summed E-state index contributed by atoms with van der Waals surface area (Å²) in [6, 6.07) is 14.5. The van der Waals surface area contributed by atoms with Crippen LogP contribution in [0.25, 0.3) is 10.8 Å². The highest BCUT2D eigenvalue weighted by molar-refractivity contribution is 7.99. The van der Waals surface area contributed by atoms with Crippen LogP contribution in [0.3, 0.4) is 0 Å². The van der Waals surface area contributed by atoms with E-state index < -0.39 is 8.46 Å². The van der Waals surface area contributed by atoms with Crippen molar-refractivity contribution in [2.75, 3.05) is 12.4 Å². The number of carbonyl (C=O) groups excluding carboxylic acids is 1. The first-order valence-electron chi connectivity index (χ1n) is 8.79. The Bertz CT molecular complexity index is 712. The maximum absolute atomic E-state index is 12.3. The van der Waals surface area contributed by atoms with Crippen molar-refractivity contribution in [2.24, 2.45) is 11.8 Å². The van der Waals surface area contributed by atoms with Crippen molar-refractivity contribution in [3.05, 3.63) is 42.5 Å². The third kappa shape index (κ3) is 5.62. The summed E-state index contributed by atoms with van der Waals surface area (Å²) in [6.07, 6.45) is 0.717. The summed E-state index contributed by atoms with van der Waals surface area (Å²) in [7, 11) is -1.04. The van der Waals surface area contributed by atoms with E-state index in [0.717, 1.165) is 6.42 Å². The summed E-state index contributed by atoms with van der Waals surface area (Å²) in [5.41, 5.74) is -0.134. The number of carbonyl (C=O) groups is 1. The lowest BCUT2D eigenvalue weighted by molar-refractivity contribution is -0.148. The number of benzene rings is 2. The van der Waals surface area contributed by atoms with Gasteiger partial charge in [0.05, 0.1) is 21.0 Å². The summed E-state index contributed by atoms with van der Waals surface area (Å²) >= 11 is 1.69. The lowest BCUT2D eigenvalue weighted by Crippen LogP contribution is -2.29. The monoisotopic (exact) mass is 378 g/mol. The van der Waals surface area contributed by atoms with E-state index in [1.165, 1.54) is 15.7 Å². The number of hydrogen-bond acceptors (Lipinski definition) is 4. The third-order valence-electron chi connectivity index (χ3n) is 4.19. The second-order valence-electron chi connectivity index (χ2n) is 6.58. The molecule has 3 unspecified atom stereocenters. The number of hydrogen-bond donors (Lipinski definition) is 0. The van der Waals surface area contributed by atoms with E-state index in [9.17, 15) is 9.36 Å². The van der Waals surface area contributed by atoms with E-state index in [2.05, 4.69) is 38.1 Å². The zero-order valence-electron chi connectivity index (χ0n) is 15.1. The lowest BCUT2D eigenvalue weighted by atomic mass is 9.94. The maximum atomic E-state index is 12.3. The molecule has 0 saturated carbocycles. The predicted octanol–water partition coefficient (Wildman–Crippen LogP) is 5.28. The highest BCUT2D eigenvalue weighted by atomic mass is 32.2. The Morgan fingerprint density at radius 3 is 2.56 bits per heavy atom. The van der Waals surface area contributed by atoms with Crippen LogP contribution in [-0.2, 0) is 14.1 Å². The molecule has 0 aromatic heterocycles. The fraction of sp³-hybridized carbons (Fsp3) is 0.450. The van der Waals surface area contributed by atoms with Gasteiger partial charge >= 0.3 is 5.97 Å². The van der Waals surface area contributed by atoms with Gasteiger partial charge in [0, 0.05) is 16.3 Å². The molecule has 0 amide bonds. The second kappa shape index (κ2) is 10.0. The predicted molar refractivity (Wildman–Crippen MR) is 108 cm³/mol. The molecule has 0 aliphatic rings. The summed E-state index contributed by atoms with van der Waals surface area (Å²) in [5.74, 6) is 0.548.